The second kappa shape index (κ2) is 3.69. The highest BCUT2D eigenvalue weighted by Gasteiger charge is 2.47. The summed E-state index contributed by atoms with van der Waals surface area (Å²) in [6.45, 7) is 6.25. The highest BCUT2D eigenvalue weighted by Crippen LogP contribution is 2.40. The molecule has 2 nitrogen and oxygen atoms in total. The van der Waals surface area contributed by atoms with Gasteiger partial charge in [-0.05, 0) is 13.3 Å². The first kappa shape index (κ1) is 10.6. The molecule has 0 radical (unpaired) electrons. The maximum Gasteiger partial charge on any atom is 0.0621 e. The van der Waals surface area contributed by atoms with Crippen molar-refractivity contribution in [3.05, 3.63) is 0 Å². The van der Waals surface area contributed by atoms with Crippen molar-refractivity contribution in [2.24, 2.45) is 5.41 Å². The van der Waals surface area contributed by atoms with E-state index < -0.39 is 0 Å². The van der Waals surface area contributed by atoms with Crippen molar-refractivity contribution < 1.29 is 5.11 Å². The van der Waals surface area contributed by atoms with Crippen LogP contribution in [0.15, 0.2) is 0 Å². The number of nitrogens with one attached hydrogen (secondary N) is 1. The first-order valence-corrected chi connectivity index (χ1v) is 4.86. The Morgan fingerprint density at radius 2 is 2.31 bits per heavy atom. The van der Waals surface area contributed by atoms with Gasteiger partial charge in [-0.1, -0.05) is 13.8 Å². The van der Waals surface area contributed by atoms with E-state index in [0.717, 1.165) is 12.8 Å². The molecule has 1 fully saturated rings. The van der Waals surface area contributed by atoms with E-state index in [0.29, 0.717) is 12.1 Å². The zero-order chi connectivity index (χ0) is 10.1. The smallest absolute Gasteiger partial charge is 0.0621 e. The van der Waals surface area contributed by atoms with Crippen LogP contribution in [0.1, 0.15) is 33.6 Å². The molecule has 1 rings (SSSR count). The zero-order valence-corrected chi connectivity index (χ0v) is 8.67. The van der Waals surface area contributed by atoms with Crippen LogP contribution < -0.4 is 5.32 Å². The fourth-order valence-corrected chi connectivity index (χ4v) is 1.76. The van der Waals surface area contributed by atoms with E-state index in [1.807, 2.05) is 0 Å². The van der Waals surface area contributed by atoms with Crippen molar-refractivity contribution in [1.29, 1.82) is 0 Å². The van der Waals surface area contributed by atoms with Crippen LogP contribution >= 0.6 is 0 Å². The summed E-state index contributed by atoms with van der Waals surface area (Å²) in [7, 11) is 0. The molecule has 0 aromatic rings. The molecular formula is C11H19NO. The second-order valence-corrected chi connectivity index (χ2v) is 4.60. The van der Waals surface area contributed by atoms with Crippen molar-refractivity contribution >= 4 is 0 Å². The van der Waals surface area contributed by atoms with Crippen LogP contribution in [0, 0.1) is 17.8 Å². The minimum Gasteiger partial charge on any atom is -0.392 e. The first-order valence-electron chi connectivity index (χ1n) is 4.86. The van der Waals surface area contributed by atoms with Gasteiger partial charge in [-0.15, -0.1) is 12.3 Å². The van der Waals surface area contributed by atoms with Gasteiger partial charge in [-0.3, -0.25) is 0 Å². The lowest BCUT2D eigenvalue weighted by atomic mass is 9.64. The normalized spacial score (nSPS) is 33.2. The van der Waals surface area contributed by atoms with Gasteiger partial charge in [0, 0.05) is 23.9 Å². The lowest BCUT2D eigenvalue weighted by molar-refractivity contribution is -0.0751. The van der Waals surface area contributed by atoms with Gasteiger partial charge in [-0.25, -0.2) is 0 Å². The molecule has 0 spiro atoms. The summed E-state index contributed by atoms with van der Waals surface area (Å²) >= 11 is 0. The van der Waals surface area contributed by atoms with Crippen molar-refractivity contribution in [2.75, 3.05) is 0 Å². The van der Waals surface area contributed by atoms with E-state index in [9.17, 15) is 5.11 Å². The first-order chi connectivity index (χ1) is 5.98. The number of terminal acetylenes is 1. The Kier molecular flexibility index (Phi) is 3.00. The molecule has 1 aliphatic rings. The van der Waals surface area contributed by atoms with Gasteiger partial charge >= 0.3 is 0 Å². The summed E-state index contributed by atoms with van der Waals surface area (Å²) in [6, 6.07) is 0.757. The van der Waals surface area contributed by atoms with Gasteiger partial charge in [0.05, 0.1) is 6.10 Å². The SMILES string of the molecule is C#CCC(C)NC1CC(O)C1(C)C. The number of rotatable bonds is 3. The number of hydrogen-bond acceptors (Lipinski definition) is 2. The topological polar surface area (TPSA) is 32.3 Å². The summed E-state index contributed by atoms with van der Waals surface area (Å²) in [6.07, 6.45) is 6.66. The third kappa shape index (κ3) is 2.04. The molecule has 0 heterocycles. The lowest BCUT2D eigenvalue weighted by Crippen LogP contribution is -2.61. The molecule has 0 aliphatic heterocycles. The van der Waals surface area contributed by atoms with Gasteiger partial charge in [0.15, 0.2) is 0 Å². The fraction of sp³-hybridized carbons (Fsp3) is 0.818. The molecule has 0 bridgehead atoms. The quantitative estimate of drug-likeness (QED) is 0.640. The van der Waals surface area contributed by atoms with Crippen LogP contribution in [-0.2, 0) is 0 Å². The molecule has 0 aromatic heterocycles. The monoisotopic (exact) mass is 181 g/mol. The second-order valence-electron chi connectivity index (χ2n) is 4.60. The summed E-state index contributed by atoms with van der Waals surface area (Å²) in [5, 5.41) is 12.9. The number of aliphatic hydroxyl groups is 1. The summed E-state index contributed by atoms with van der Waals surface area (Å²) < 4.78 is 0. The van der Waals surface area contributed by atoms with Crippen molar-refractivity contribution in [1.82, 2.24) is 5.32 Å². The molecule has 3 unspecified atom stereocenters. The molecule has 74 valence electrons. The van der Waals surface area contributed by atoms with Crippen molar-refractivity contribution in [3.63, 3.8) is 0 Å². The average Bonchev–Trinajstić information content (AvgIpc) is 2.04. The molecule has 2 N–H and O–H groups in total. The molecule has 3 atom stereocenters. The fourth-order valence-electron chi connectivity index (χ4n) is 1.76. The summed E-state index contributed by atoms with van der Waals surface area (Å²) in [4.78, 5) is 0. The maximum atomic E-state index is 9.51. The van der Waals surface area contributed by atoms with Crippen molar-refractivity contribution in [3.8, 4) is 12.3 Å². The highest BCUT2D eigenvalue weighted by atomic mass is 16.3. The van der Waals surface area contributed by atoms with E-state index >= 15 is 0 Å². The highest BCUT2D eigenvalue weighted by molar-refractivity contribution is 5.03. The molecule has 0 saturated heterocycles. The standard InChI is InChI=1S/C11H19NO/c1-5-6-8(2)12-9-7-10(13)11(9,3)4/h1,8-10,12-13H,6-7H2,2-4H3. The molecule has 0 aromatic carbocycles. The van der Waals surface area contributed by atoms with Crippen LogP contribution in [0.25, 0.3) is 0 Å². The van der Waals surface area contributed by atoms with Crippen LogP contribution in [-0.4, -0.2) is 23.3 Å². The molecular weight excluding hydrogens is 162 g/mol. The summed E-state index contributed by atoms with van der Waals surface area (Å²) in [5.74, 6) is 2.63. The third-order valence-electron chi connectivity index (χ3n) is 3.13. The molecule has 13 heavy (non-hydrogen) atoms. The minimum atomic E-state index is -0.164. The Morgan fingerprint density at radius 1 is 1.69 bits per heavy atom. The van der Waals surface area contributed by atoms with Gasteiger partial charge in [0.2, 0.25) is 0 Å². The van der Waals surface area contributed by atoms with Gasteiger partial charge in [0.1, 0.15) is 0 Å². The number of hydrogen-bond donors (Lipinski definition) is 2. The maximum absolute atomic E-state index is 9.51. The zero-order valence-electron chi connectivity index (χ0n) is 8.67. The largest absolute Gasteiger partial charge is 0.392 e. The predicted octanol–water partition coefficient (Wildman–Crippen LogP) is 1.15. The Bertz CT molecular complexity index is 217. The van der Waals surface area contributed by atoms with E-state index in [1.165, 1.54) is 0 Å². The Morgan fingerprint density at radius 3 is 2.69 bits per heavy atom. The molecule has 2 heteroatoms. The average molecular weight is 181 g/mol. The molecule has 1 aliphatic carbocycles. The van der Waals surface area contributed by atoms with Crippen LogP contribution in [0.2, 0.25) is 0 Å². The minimum absolute atomic E-state index is 0.00284. The molecule has 1 saturated carbocycles. The van der Waals surface area contributed by atoms with Crippen LogP contribution in [0.4, 0.5) is 0 Å². The number of aliphatic hydroxyl groups excluding tert-OH is 1. The van der Waals surface area contributed by atoms with Crippen LogP contribution in [0.3, 0.4) is 0 Å². The van der Waals surface area contributed by atoms with Crippen molar-refractivity contribution in [2.45, 2.75) is 51.8 Å². The van der Waals surface area contributed by atoms with Gasteiger partial charge in [0.25, 0.3) is 0 Å². The van der Waals surface area contributed by atoms with Crippen LogP contribution in [0.5, 0.6) is 0 Å². The predicted molar refractivity (Wildman–Crippen MR) is 54.2 cm³/mol. The van der Waals surface area contributed by atoms with Gasteiger partial charge in [-0.2, -0.15) is 0 Å². The van der Waals surface area contributed by atoms with E-state index in [2.05, 4.69) is 32.0 Å². The molecule has 0 amide bonds. The Hall–Kier alpha value is -0.520. The van der Waals surface area contributed by atoms with E-state index in [4.69, 9.17) is 6.42 Å². The van der Waals surface area contributed by atoms with Gasteiger partial charge < -0.3 is 10.4 Å². The van der Waals surface area contributed by atoms with E-state index in [-0.39, 0.29) is 11.5 Å². The Balaban J connectivity index is 2.37. The lowest BCUT2D eigenvalue weighted by Gasteiger charge is -2.50. The summed E-state index contributed by atoms with van der Waals surface area (Å²) in [5.41, 5.74) is 0.00284. The van der Waals surface area contributed by atoms with E-state index in [1.54, 1.807) is 0 Å². The Labute approximate surface area is 80.7 Å². The third-order valence-corrected chi connectivity index (χ3v) is 3.13.